The average Bonchev–Trinajstić information content (AvgIpc) is 2.76. The van der Waals surface area contributed by atoms with Gasteiger partial charge in [0.2, 0.25) is 0 Å². The first-order valence-corrected chi connectivity index (χ1v) is 7.07. The zero-order valence-corrected chi connectivity index (χ0v) is 12.8. The van der Waals surface area contributed by atoms with Gasteiger partial charge in [0.05, 0.1) is 22.9 Å². The van der Waals surface area contributed by atoms with Crippen LogP contribution in [0.5, 0.6) is 5.75 Å². The smallest absolute Gasteiger partial charge is 0.252 e. The van der Waals surface area contributed by atoms with Crippen LogP contribution in [0.3, 0.4) is 0 Å². The number of methoxy groups -OCH3 is 1. The molecule has 1 aromatic heterocycles. The van der Waals surface area contributed by atoms with E-state index in [1.165, 1.54) is 11.3 Å². The molecular formula is C14H18N2O3S. The minimum Gasteiger partial charge on any atom is -0.497 e. The molecule has 0 saturated carbocycles. The highest BCUT2D eigenvalue weighted by molar-refractivity contribution is 7.22. The summed E-state index contributed by atoms with van der Waals surface area (Å²) >= 11 is 1.41. The molecule has 0 aliphatic heterocycles. The summed E-state index contributed by atoms with van der Waals surface area (Å²) in [7, 11) is 1.62. The van der Waals surface area contributed by atoms with Crippen molar-refractivity contribution < 1.29 is 14.3 Å². The number of nitrogens with one attached hydrogen (secondary N) is 1. The number of anilines is 1. The Hall–Kier alpha value is -1.66. The summed E-state index contributed by atoms with van der Waals surface area (Å²) in [5.41, 5.74) is 0.501. The lowest BCUT2D eigenvalue weighted by Gasteiger charge is -2.18. The quantitative estimate of drug-likeness (QED) is 0.941. The van der Waals surface area contributed by atoms with Crippen molar-refractivity contribution in [1.29, 1.82) is 0 Å². The van der Waals surface area contributed by atoms with E-state index >= 15 is 0 Å². The second-order valence-electron chi connectivity index (χ2n) is 5.30. The fraction of sp³-hybridized carbons (Fsp3) is 0.429. The summed E-state index contributed by atoms with van der Waals surface area (Å²) < 4.78 is 11.5. The van der Waals surface area contributed by atoms with Crippen LogP contribution in [0.1, 0.15) is 20.8 Å². The number of rotatable bonds is 4. The molecule has 108 valence electrons. The molecule has 1 aromatic carbocycles. The summed E-state index contributed by atoms with van der Waals surface area (Å²) in [6.07, 6.45) is 0. The molecule has 20 heavy (non-hydrogen) atoms. The standard InChI is InChI=1S/C14H18N2O3S/c1-14(2,3)19-8-12(17)16-13-15-10-6-5-9(18-4)7-11(10)20-13/h5-7H,8H2,1-4H3,(H,15,16,17). The molecule has 0 fully saturated rings. The molecule has 1 heterocycles. The highest BCUT2D eigenvalue weighted by atomic mass is 32.1. The molecule has 1 amide bonds. The van der Waals surface area contributed by atoms with Crippen LogP contribution >= 0.6 is 11.3 Å². The summed E-state index contributed by atoms with van der Waals surface area (Å²) in [5.74, 6) is 0.570. The van der Waals surface area contributed by atoms with Gasteiger partial charge in [0.1, 0.15) is 12.4 Å². The molecule has 0 saturated heterocycles. The Balaban J connectivity index is 2.04. The third kappa shape index (κ3) is 3.91. The number of nitrogens with zero attached hydrogens (tertiary/aromatic N) is 1. The van der Waals surface area contributed by atoms with Gasteiger partial charge in [-0.05, 0) is 39.0 Å². The Labute approximate surface area is 121 Å². The number of hydrogen-bond acceptors (Lipinski definition) is 5. The van der Waals surface area contributed by atoms with Crippen molar-refractivity contribution in [2.24, 2.45) is 0 Å². The highest BCUT2D eigenvalue weighted by Crippen LogP contribution is 2.29. The second-order valence-corrected chi connectivity index (χ2v) is 6.33. The van der Waals surface area contributed by atoms with E-state index in [0.29, 0.717) is 5.13 Å². The van der Waals surface area contributed by atoms with Crippen molar-refractivity contribution in [2.75, 3.05) is 19.0 Å². The van der Waals surface area contributed by atoms with E-state index in [9.17, 15) is 4.79 Å². The maximum Gasteiger partial charge on any atom is 0.252 e. The van der Waals surface area contributed by atoms with E-state index < -0.39 is 0 Å². The summed E-state index contributed by atoms with van der Waals surface area (Å²) in [5, 5.41) is 3.31. The molecule has 2 rings (SSSR count). The third-order valence-corrected chi connectivity index (χ3v) is 3.41. The predicted octanol–water partition coefficient (Wildman–Crippen LogP) is 3.06. The van der Waals surface area contributed by atoms with Crippen molar-refractivity contribution in [3.63, 3.8) is 0 Å². The monoisotopic (exact) mass is 294 g/mol. The molecule has 0 unspecified atom stereocenters. The van der Waals surface area contributed by atoms with Crippen molar-refractivity contribution in [3.05, 3.63) is 18.2 Å². The van der Waals surface area contributed by atoms with Gasteiger partial charge in [-0.2, -0.15) is 0 Å². The molecule has 0 atom stereocenters. The van der Waals surface area contributed by atoms with Gasteiger partial charge in [-0.1, -0.05) is 11.3 Å². The number of aromatic nitrogens is 1. The maximum absolute atomic E-state index is 11.8. The predicted molar refractivity (Wildman–Crippen MR) is 80.5 cm³/mol. The van der Waals surface area contributed by atoms with E-state index in [2.05, 4.69) is 10.3 Å². The topological polar surface area (TPSA) is 60.5 Å². The first-order valence-electron chi connectivity index (χ1n) is 6.26. The number of fused-ring (bicyclic) bond motifs is 1. The van der Waals surface area contributed by atoms with Crippen LogP contribution in [0.4, 0.5) is 5.13 Å². The second kappa shape index (κ2) is 5.76. The van der Waals surface area contributed by atoms with Crippen LogP contribution in [0.2, 0.25) is 0 Å². The molecule has 0 aliphatic carbocycles. The number of carbonyl (C=O) groups is 1. The van der Waals surface area contributed by atoms with Gasteiger partial charge in [0, 0.05) is 0 Å². The van der Waals surface area contributed by atoms with Gasteiger partial charge >= 0.3 is 0 Å². The largest absolute Gasteiger partial charge is 0.497 e. The minimum absolute atomic E-state index is 0.0166. The molecule has 1 N–H and O–H groups in total. The van der Waals surface area contributed by atoms with Gasteiger partial charge in [-0.15, -0.1) is 0 Å². The van der Waals surface area contributed by atoms with Gasteiger partial charge in [0.15, 0.2) is 5.13 Å². The van der Waals surface area contributed by atoms with Crippen LogP contribution in [-0.4, -0.2) is 30.2 Å². The average molecular weight is 294 g/mol. The SMILES string of the molecule is COc1ccc2nc(NC(=O)COC(C)(C)C)sc2c1. The maximum atomic E-state index is 11.8. The number of amides is 1. The van der Waals surface area contributed by atoms with Crippen LogP contribution in [0, 0.1) is 0 Å². The number of benzene rings is 1. The fourth-order valence-electron chi connectivity index (χ4n) is 1.52. The lowest BCUT2D eigenvalue weighted by Crippen LogP contribution is -2.27. The van der Waals surface area contributed by atoms with Gasteiger partial charge in [-0.25, -0.2) is 4.98 Å². The number of hydrogen-bond donors (Lipinski definition) is 1. The van der Waals surface area contributed by atoms with E-state index in [1.807, 2.05) is 39.0 Å². The van der Waals surface area contributed by atoms with Crippen LogP contribution in [0.15, 0.2) is 18.2 Å². The first kappa shape index (κ1) is 14.7. The lowest BCUT2D eigenvalue weighted by atomic mass is 10.2. The molecule has 6 heteroatoms. The van der Waals surface area contributed by atoms with Crippen molar-refractivity contribution in [2.45, 2.75) is 26.4 Å². The molecule has 0 aliphatic rings. The number of thiazole rings is 1. The van der Waals surface area contributed by atoms with E-state index in [-0.39, 0.29) is 18.1 Å². The minimum atomic E-state index is -0.335. The van der Waals surface area contributed by atoms with Crippen LogP contribution < -0.4 is 10.1 Å². The van der Waals surface area contributed by atoms with Gasteiger partial charge in [0.25, 0.3) is 5.91 Å². The van der Waals surface area contributed by atoms with Crippen molar-refractivity contribution in [1.82, 2.24) is 4.98 Å². The van der Waals surface area contributed by atoms with E-state index in [0.717, 1.165) is 16.0 Å². The third-order valence-electron chi connectivity index (χ3n) is 2.48. The number of carbonyl (C=O) groups excluding carboxylic acids is 1. The van der Waals surface area contributed by atoms with Gasteiger partial charge < -0.3 is 9.47 Å². The Bertz CT molecular complexity index is 616. The molecule has 0 spiro atoms. The molecule has 0 bridgehead atoms. The van der Waals surface area contributed by atoms with Crippen LogP contribution in [-0.2, 0) is 9.53 Å². The number of ether oxygens (including phenoxy) is 2. The molecule has 0 radical (unpaired) electrons. The Morgan fingerprint density at radius 2 is 2.15 bits per heavy atom. The van der Waals surface area contributed by atoms with E-state index in [4.69, 9.17) is 9.47 Å². The summed E-state index contributed by atoms with van der Waals surface area (Å²) in [6, 6.07) is 5.61. The molecule has 5 nitrogen and oxygen atoms in total. The first-order chi connectivity index (χ1) is 9.37. The summed E-state index contributed by atoms with van der Waals surface area (Å²) in [4.78, 5) is 16.1. The Morgan fingerprint density at radius 1 is 1.40 bits per heavy atom. The fourth-order valence-corrected chi connectivity index (χ4v) is 2.43. The highest BCUT2D eigenvalue weighted by Gasteiger charge is 2.14. The van der Waals surface area contributed by atoms with Crippen LogP contribution in [0.25, 0.3) is 10.2 Å². The van der Waals surface area contributed by atoms with Crippen molar-refractivity contribution >= 4 is 32.6 Å². The zero-order valence-electron chi connectivity index (χ0n) is 12.0. The molecular weight excluding hydrogens is 276 g/mol. The van der Waals surface area contributed by atoms with E-state index in [1.54, 1.807) is 7.11 Å². The Morgan fingerprint density at radius 3 is 2.80 bits per heavy atom. The van der Waals surface area contributed by atoms with Gasteiger partial charge in [-0.3, -0.25) is 10.1 Å². The van der Waals surface area contributed by atoms with Crippen molar-refractivity contribution in [3.8, 4) is 5.75 Å². The summed E-state index contributed by atoms with van der Waals surface area (Å²) in [6.45, 7) is 5.74. The Kier molecular flexibility index (Phi) is 4.25. The molecule has 2 aromatic rings. The normalized spacial score (nSPS) is 11.6. The zero-order chi connectivity index (χ0) is 14.8. The lowest BCUT2D eigenvalue weighted by molar-refractivity contribution is -0.125.